The molecular weight excluding hydrogens is 1330 g/mol. The number of phosphoric acid groups is 2. The van der Waals surface area contributed by atoms with Gasteiger partial charge in [0.2, 0.25) is 0 Å². The van der Waals surface area contributed by atoms with E-state index in [0.29, 0.717) is 32.1 Å². The van der Waals surface area contributed by atoms with Crippen LogP contribution >= 0.6 is 15.6 Å². The van der Waals surface area contributed by atoms with Gasteiger partial charge in [-0.25, -0.2) is 9.13 Å². The van der Waals surface area contributed by atoms with E-state index in [9.17, 15) is 43.2 Å². The Balaban J connectivity index is 5.39. The molecule has 0 radical (unpaired) electrons. The van der Waals surface area contributed by atoms with E-state index >= 15 is 0 Å². The minimum absolute atomic E-state index is 0.0203. The number of allylic oxidation sites excluding steroid dienone is 12. The van der Waals surface area contributed by atoms with Crippen LogP contribution in [0.15, 0.2) is 72.9 Å². The van der Waals surface area contributed by atoms with Gasteiger partial charge in [0.15, 0.2) is 12.2 Å². The molecule has 0 fully saturated rings. The second kappa shape index (κ2) is 75.7. The van der Waals surface area contributed by atoms with Crippen molar-refractivity contribution in [2.24, 2.45) is 0 Å². The first-order valence-corrected chi connectivity index (χ1v) is 44.2. The molecule has 0 aliphatic rings. The molecule has 0 aliphatic carbocycles. The van der Waals surface area contributed by atoms with Crippen molar-refractivity contribution < 1.29 is 80.2 Å². The number of esters is 4. The van der Waals surface area contributed by atoms with Crippen LogP contribution in [0.2, 0.25) is 0 Å². The molecule has 17 nitrogen and oxygen atoms in total. The van der Waals surface area contributed by atoms with Crippen LogP contribution in [0, 0.1) is 0 Å². The van der Waals surface area contributed by atoms with Gasteiger partial charge in [-0.3, -0.25) is 37.3 Å². The highest BCUT2D eigenvalue weighted by atomic mass is 31.2. The molecule has 5 atom stereocenters. The summed E-state index contributed by atoms with van der Waals surface area (Å²) in [7, 11) is -9.97. The van der Waals surface area contributed by atoms with Crippen LogP contribution < -0.4 is 0 Å². The average Bonchev–Trinajstić information content (AvgIpc) is 0.917. The molecule has 3 N–H and O–H groups in total. The lowest BCUT2D eigenvalue weighted by atomic mass is 10.0. The summed E-state index contributed by atoms with van der Waals surface area (Å²) in [5.41, 5.74) is 0. The monoisotopic (exact) mass is 1480 g/mol. The normalized spacial score (nSPS) is 14.2. The summed E-state index contributed by atoms with van der Waals surface area (Å²) in [5, 5.41) is 10.6. The Hall–Kier alpha value is -3.50. The van der Waals surface area contributed by atoms with Crippen LogP contribution in [0.1, 0.15) is 374 Å². The highest BCUT2D eigenvalue weighted by molar-refractivity contribution is 7.47. The van der Waals surface area contributed by atoms with Gasteiger partial charge in [-0.15, -0.1) is 0 Å². The van der Waals surface area contributed by atoms with Gasteiger partial charge in [-0.1, -0.05) is 306 Å². The number of carbonyl (C=O) groups is 4. The molecule has 0 spiro atoms. The van der Waals surface area contributed by atoms with Crippen LogP contribution in [-0.4, -0.2) is 96.7 Å². The Morgan fingerprint density at radius 1 is 0.275 bits per heavy atom. The molecule has 0 saturated heterocycles. The maximum Gasteiger partial charge on any atom is 0.472 e. The minimum Gasteiger partial charge on any atom is -0.462 e. The third-order valence-electron chi connectivity index (χ3n) is 17.6. The predicted octanol–water partition coefficient (Wildman–Crippen LogP) is 24.0. The summed E-state index contributed by atoms with van der Waals surface area (Å²) in [6.07, 6.45) is 77.3. The van der Waals surface area contributed by atoms with Gasteiger partial charge < -0.3 is 33.8 Å². The molecule has 0 aromatic heterocycles. The van der Waals surface area contributed by atoms with Gasteiger partial charge in [-0.05, 0) is 116 Å². The average molecular weight is 1480 g/mol. The van der Waals surface area contributed by atoms with E-state index in [1.165, 1.54) is 161 Å². The summed E-state index contributed by atoms with van der Waals surface area (Å²) >= 11 is 0. The molecule has 0 aromatic rings. The van der Waals surface area contributed by atoms with Crippen molar-refractivity contribution in [2.45, 2.75) is 393 Å². The predicted molar refractivity (Wildman–Crippen MR) is 418 cm³/mol. The third kappa shape index (κ3) is 74.8. The van der Waals surface area contributed by atoms with Gasteiger partial charge in [0.1, 0.15) is 19.3 Å². The number of aliphatic hydroxyl groups excluding tert-OH is 1. The van der Waals surface area contributed by atoms with E-state index in [1.807, 2.05) is 12.2 Å². The molecule has 594 valence electrons. The van der Waals surface area contributed by atoms with Crippen molar-refractivity contribution in [3.8, 4) is 0 Å². The summed E-state index contributed by atoms with van der Waals surface area (Å²) in [5.74, 6) is -2.23. The summed E-state index contributed by atoms with van der Waals surface area (Å²) in [6, 6.07) is 0. The zero-order chi connectivity index (χ0) is 74.6. The van der Waals surface area contributed by atoms with E-state index in [0.717, 1.165) is 128 Å². The van der Waals surface area contributed by atoms with Gasteiger partial charge >= 0.3 is 39.5 Å². The maximum absolute atomic E-state index is 13.1. The summed E-state index contributed by atoms with van der Waals surface area (Å²) in [4.78, 5) is 73.0. The number of hydrogen-bond acceptors (Lipinski definition) is 15. The molecule has 0 amide bonds. The summed E-state index contributed by atoms with van der Waals surface area (Å²) in [6.45, 7) is 4.83. The topological polar surface area (TPSA) is 237 Å². The fourth-order valence-corrected chi connectivity index (χ4v) is 12.9. The van der Waals surface area contributed by atoms with Crippen LogP contribution in [-0.2, 0) is 65.4 Å². The van der Waals surface area contributed by atoms with Gasteiger partial charge in [0.05, 0.1) is 26.4 Å². The smallest absolute Gasteiger partial charge is 0.462 e. The van der Waals surface area contributed by atoms with E-state index in [-0.39, 0.29) is 25.7 Å². The number of phosphoric ester groups is 2. The molecular formula is C83H150O17P2. The molecule has 2 unspecified atom stereocenters. The standard InChI is InChI=1S/C83H150O17P2/c1-5-9-13-17-21-25-29-33-37-38-42-46-50-54-58-62-66-70-83(88)100-79(74-94-81(86)68-64-60-56-52-48-44-40-35-31-27-23-19-15-11-7-3)76-98-102(91,92)96-72-77(84)71-95-101(89,90)97-75-78(99-82(87)69-65-61-57-53-49-45-41-36-32-28-24-20-16-12-8-4)73-93-80(85)67-63-59-55-51-47-43-39-34-30-26-22-18-14-10-6-2/h21,25,33-35,37,39-40,42,46,54,58,77-79,84H,5-20,22-24,26-32,36,38,41,43-45,47-53,55-57,59-76H2,1-4H3,(H,89,90)(H,91,92)/b25-21-,37-33-,39-34-,40-35-,46-42-,58-54-/t77-,78+,79+/m0/s1. The van der Waals surface area contributed by atoms with Crippen molar-refractivity contribution in [1.82, 2.24) is 0 Å². The quantitative estimate of drug-likeness (QED) is 0.0169. The van der Waals surface area contributed by atoms with Crippen LogP contribution in [0.3, 0.4) is 0 Å². The number of hydrogen-bond donors (Lipinski definition) is 3. The van der Waals surface area contributed by atoms with Gasteiger partial charge in [0.25, 0.3) is 0 Å². The first-order chi connectivity index (χ1) is 49.7. The lowest BCUT2D eigenvalue weighted by Gasteiger charge is -2.21. The van der Waals surface area contributed by atoms with E-state index in [4.69, 9.17) is 37.0 Å². The molecule has 0 aromatic carbocycles. The first-order valence-electron chi connectivity index (χ1n) is 41.2. The van der Waals surface area contributed by atoms with Crippen LogP contribution in [0.5, 0.6) is 0 Å². The van der Waals surface area contributed by atoms with Crippen LogP contribution in [0.4, 0.5) is 0 Å². The second-order valence-electron chi connectivity index (χ2n) is 27.7. The lowest BCUT2D eigenvalue weighted by Crippen LogP contribution is -2.30. The molecule has 0 bridgehead atoms. The minimum atomic E-state index is -4.99. The molecule has 0 aliphatic heterocycles. The number of rotatable bonds is 78. The SMILES string of the molecule is CCCCC/C=C\C/C=C\C/C=C\C/C=C\CCCC(=O)O[C@H](COC(=O)CCCCCCC/C=C\CCCCCCCC)COP(=O)(O)OC[C@@H](O)COP(=O)(O)OC[C@@H](COC(=O)CCCCCCC/C=C\CCCCCCCC)OC(=O)CCCCCCCCCCCCCCCCC. The Bertz CT molecular complexity index is 2210. The number of ether oxygens (including phenoxy) is 4. The number of aliphatic hydroxyl groups is 1. The zero-order valence-electron chi connectivity index (χ0n) is 65.0. The highest BCUT2D eigenvalue weighted by Crippen LogP contribution is 2.45. The van der Waals surface area contributed by atoms with E-state index < -0.39 is 97.5 Å². The van der Waals surface area contributed by atoms with Crippen molar-refractivity contribution in [2.75, 3.05) is 39.6 Å². The Labute approximate surface area is 622 Å². The second-order valence-corrected chi connectivity index (χ2v) is 30.6. The fraction of sp³-hybridized carbons (Fsp3) is 0.807. The molecule has 0 heterocycles. The zero-order valence-corrected chi connectivity index (χ0v) is 66.8. The van der Waals surface area contributed by atoms with Crippen molar-refractivity contribution >= 4 is 39.5 Å². The molecule has 19 heteroatoms. The van der Waals surface area contributed by atoms with Gasteiger partial charge in [-0.2, -0.15) is 0 Å². The number of carbonyl (C=O) groups excluding carboxylic acids is 4. The molecule has 102 heavy (non-hydrogen) atoms. The molecule has 0 rings (SSSR count). The van der Waals surface area contributed by atoms with E-state index in [1.54, 1.807) is 0 Å². The first kappa shape index (κ1) is 98.5. The van der Waals surface area contributed by atoms with Crippen molar-refractivity contribution in [3.05, 3.63) is 72.9 Å². The van der Waals surface area contributed by atoms with E-state index in [2.05, 4.69) is 88.5 Å². The third-order valence-corrected chi connectivity index (χ3v) is 19.5. The Morgan fingerprint density at radius 2 is 0.490 bits per heavy atom. The summed E-state index contributed by atoms with van der Waals surface area (Å²) < 4.78 is 68.6. The van der Waals surface area contributed by atoms with Gasteiger partial charge in [0, 0.05) is 25.7 Å². The largest absolute Gasteiger partial charge is 0.472 e. The van der Waals surface area contributed by atoms with Crippen LogP contribution in [0.25, 0.3) is 0 Å². The fourth-order valence-electron chi connectivity index (χ4n) is 11.3. The molecule has 0 saturated carbocycles. The number of unbranched alkanes of at least 4 members (excludes halogenated alkanes) is 40. The highest BCUT2D eigenvalue weighted by Gasteiger charge is 2.30. The lowest BCUT2D eigenvalue weighted by molar-refractivity contribution is -0.161. The van der Waals surface area contributed by atoms with Crippen molar-refractivity contribution in [1.29, 1.82) is 0 Å². The van der Waals surface area contributed by atoms with Crippen molar-refractivity contribution in [3.63, 3.8) is 0 Å². The Morgan fingerprint density at radius 3 is 0.804 bits per heavy atom. The Kier molecular flexibility index (Phi) is 73.1. The maximum atomic E-state index is 13.1.